The molecule has 4 atom stereocenters. The number of nitrogens with one attached hydrogen (secondary N) is 1. The van der Waals surface area contributed by atoms with Gasteiger partial charge in [-0.1, -0.05) is 24.3 Å². The van der Waals surface area contributed by atoms with Crippen LogP contribution in [0, 0.1) is 11.6 Å². The van der Waals surface area contributed by atoms with Crippen molar-refractivity contribution in [3.8, 4) is 10.6 Å². The topological polar surface area (TPSA) is 131 Å². The van der Waals surface area contributed by atoms with Gasteiger partial charge in [0.2, 0.25) is 0 Å². The van der Waals surface area contributed by atoms with Gasteiger partial charge in [-0.15, -0.1) is 0 Å². The van der Waals surface area contributed by atoms with E-state index in [1.165, 1.54) is 18.5 Å². The van der Waals surface area contributed by atoms with Gasteiger partial charge in [-0.25, -0.2) is 13.8 Å². The molecule has 1 amide bonds. The van der Waals surface area contributed by atoms with Gasteiger partial charge in [-0.3, -0.25) is 9.78 Å². The number of aromatic nitrogens is 2. The minimum atomic E-state index is -1.00. The highest BCUT2D eigenvalue weighted by atomic mass is 32.1. The molecular weight excluding hydrogens is 454 g/mol. The lowest BCUT2D eigenvalue weighted by Crippen LogP contribution is -2.45. The Kier molecular flexibility index (Phi) is 6.66. The summed E-state index contributed by atoms with van der Waals surface area (Å²) < 4.78 is 34.2. The normalized spacial score (nSPS) is 22.8. The summed E-state index contributed by atoms with van der Waals surface area (Å²) >= 11 is 0.795. The molecule has 1 aliphatic heterocycles. The molecular formula is C22H22F2N4O4S. The number of nitrogen functional groups attached to an aromatic ring is 1. The maximum atomic E-state index is 14.1. The van der Waals surface area contributed by atoms with E-state index in [0.29, 0.717) is 17.7 Å². The number of anilines is 2. The van der Waals surface area contributed by atoms with Gasteiger partial charge in [-0.05, 0) is 24.6 Å². The first-order valence-corrected chi connectivity index (χ1v) is 11.1. The number of hydrogen-bond donors (Lipinski definition) is 4. The van der Waals surface area contributed by atoms with Crippen molar-refractivity contribution in [1.82, 2.24) is 9.97 Å². The van der Waals surface area contributed by atoms with Crippen LogP contribution in [0.4, 0.5) is 19.5 Å². The van der Waals surface area contributed by atoms with Gasteiger partial charge in [0.05, 0.1) is 35.8 Å². The van der Waals surface area contributed by atoms with E-state index in [9.17, 15) is 23.8 Å². The van der Waals surface area contributed by atoms with Crippen LogP contribution in [0.3, 0.4) is 0 Å². The first-order chi connectivity index (χ1) is 15.8. The summed E-state index contributed by atoms with van der Waals surface area (Å²) in [6, 6.07) is 5.06. The maximum Gasteiger partial charge on any atom is 0.277 e. The van der Waals surface area contributed by atoms with Gasteiger partial charge in [-0.2, -0.15) is 0 Å². The second-order valence-electron chi connectivity index (χ2n) is 7.61. The number of aliphatic hydroxyl groups is 2. The zero-order valence-electron chi connectivity index (χ0n) is 17.5. The lowest BCUT2D eigenvalue weighted by Gasteiger charge is -2.37. The van der Waals surface area contributed by atoms with E-state index in [1.807, 2.05) is 6.92 Å². The van der Waals surface area contributed by atoms with E-state index >= 15 is 0 Å². The molecule has 1 aromatic carbocycles. The predicted octanol–water partition coefficient (Wildman–Crippen LogP) is 3.28. The van der Waals surface area contributed by atoms with Gasteiger partial charge in [0.25, 0.3) is 5.91 Å². The largest absolute Gasteiger partial charge is 0.390 e. The molecule has 1 fully saturated rings. The molecule has 0 saturated carbocycles. The number of carbonyl (C=O) groups excluding carboxylic acids is 1. The monoisotopic (exact) mass is 476 g/mol. The van der Waals surface area contributed by atoms with Gasteiger partial charge in [0.1, 0.15) is 27.7 Å². The Morgan fingerprint density at radius 3 is 2.73 bits per heavy atom. The van der Waals surface area contributed by atoms with Gasteiger partial charge in [0, 0.05) is 18.2 Å². The van der Waals surface area contributed by atoms with Crippen LogP contribution in [0.5, 0.6) is 0 Å². The number of carbonyl (C=O) groups is 1. The van der Waals surface area contributed by atoms with Crippen LogP contribution >= 0.6 is 11.3 Å². The average molecular weight is 477 g/mol. The molecule has 1 aliphatic rings. The number of aliphatic hydroxyl groups excluding tert-OH is 2. The summed E-state index contributed by atoms with van der Waals surface area (Å²) in [6.45, 7) is 1.83. The van der Waals surface area contributed by atoms with Gasteiger partial charge >= 0.3 is 0 Å². The Balaban J connectivity index is 1.60. The quantitative estimate of drug-likeness (QED) is 0.445. The second-order valence-corrected chi connectivity index (χ2v) is 8.64. The molecule has 0 aliphatic carbocycles. The number of thiazole rings is 1. The van der Waals surface area contributed by atoms with Crippen molar-refractivity contribution in [3.05, 3.63) is 59.6 Å². The van der Waals surface area contributed by atoms with Crippen molar-refractivity contribution in [1.29, 1.82) is 0 Å². The Bertz CT molecular complexity index is 1150. The fraction of sp³-hybridized carbons (Fsp3) is 0.318. The Labute approximate surface area is 192 Å². The Morgan fingerprint density at radius 2 is 2.03 bits per heavy atom. The Hall–Kier alpha value is -2.99. The summed E-state index contributed by atoms with van der Waals surface area (Å²) in [4.78, 5) is 21.0. The number of pyridine rings is 1. The van der Waals surface area contributed by atoms with Crippen molar-refractivity contribution in [2.45, 2.75) is 44.2 Å². The molecule has 11 heteroatoms. The van der Waals surface area contributed by atoms with Gasteiger partial charge in [0.15, 0.2) is 5.69 Å². The third-order valence-electron chi connectivity index (χ3n) is 5.47. The first kappa shape index (κ1) is 23.2. The summed E-state index contributed by atoms with van der Waals surface area (Å²) in [5, 5.41) is 22.9. The van der Waals surface area contributed by atoms with E-state index in [2.05, 4.69) is 15.3 Å². The fourth-order valence-corrected chi connectivity index (χ4v) is 4.64. The summed E-state index contributed by atoms with van der Waals surface area (Å²) in [5.41, 5.74) is 6.25. The number of ether oxygens (including phenoxy) is 1. The van der Waals surface area contributed by atoms with Crippen LogP contribution < -0.4 is 11.1 Å². The van der Waals surface area contributed by atoms with E-state index in [1.54, 1.807) is 6.07 Å². The molecule has 0 unspecified atom stereocenters. The molecule has 0 spiro atoms. The molecule has 5 N–H and O–H groups in total. The minimum absolute atomic E-state index is 0.00546. The molecule has 33 heavy (non-hydrogen) atoms. The third-order valence-corrected chi connectivity index (χ3v) is 6.37. The van der Waals surface area contributed by atoms with E-state index in [4.69, 9.17) is 10.5 Å². The van der Waals surface area contributed by atoms with E-state index < -0.39 is 42.0 Å². The molecule has 0 bridgehead atoms. The molecule has 8 nitrogen and oxygen atoms in total. The Morgan fingerprint density at radius 1 is 1.30 bits per heavy atom. The predicted molar refractivity (Wildman–Crippen MR) is 119 cm³/mol. The maximum absolute atomic E-state index is 14.1. The molecule has 174 valence electrons. The number of halogens is 2. The summed E-state index contributed by atoms with van der Waals surface area (Å²) in [7, 11) is 0. The second kappa shape index (κ2) is 9.48. The molecule has 1 saturated heterocycles. The lowest BCUT2D eigenvalue weighted by atomic mass is 9.92. The summed E-state index contributed by atoms with van der Waals surface area (Å²) in [5.74, 6) is -2.32. The molecule has 3 heterocycles. The van der Waals surface area contributed by atoms with Crippen molar-refractivity contribution >= 4 is 27.9 Å². The van der Waals surface area contributed by atoms with Crippen LogP contribution in [-0.2, 0) is 4.74 Å². The number of nitrogens with two attached hydrogens (primary N) is 1. The highest BCUT2D eigenvalue weighted by molar-refractivity contribution is 7.19. The van der Waals surface area contributed by atoms with Crippen LogP contribution in [0.25, 0.3) is 10.6 Å². The standard InChI is InChI=1S/C22H22F2N4O4S/c1-2-15-19(30)14(29)8-16(32-15)10-6-7-26-9-13(10)27-21(31)18-20(25)33-22(28-18)17-11(23)4-3-5-12(17)24/h3-7,9,14-16,19,29-30H,2,8,25H2,1H3,(H,27,31)/t14-,15-,16-,19+/m1/s1. The van der Waals surface area contributed by atoms with Gasteiger partial charge < -0.3 is 26.0 Å². The lowest BCUT2D eigenvalue weighted by molar-refractivity contribution is -0.170. The number of hydrogen-bond acceptors (Lipinski definition) is 8. The molecule has 2 aromatic heterocycles. The number of rotatable bonds is 5. The first-order valence-electron chi connectivity index (χ1n) is 10.3. The zero-order chi connectivity index (χ0) is 23.7. The molecule has 0 radical (unpaired) electrons. The van der Waals surface area contributed by atoms with Crippen molar-refractivity contribution in [2.75, 3.05) is 11.1 Å². The molecule has 3 aromatic rings. The van der Waals surface area contributed by atoms with Crippen molar-refractivity contribution < 1.29 is 28.5 Å². The summed E-state index contributed by atoms with van der Waals surface area (Å²) in [6.07, 6.45) is 0.394. The van der Waals surface area contributed by atoms with Crippen LogP contribution in [-0.4, -0.2) is 44.4 Å². The van der Waals surface area contributed by atoms with Crippen LogP contribution in [0.2, 0.25) is 0 Å². The van der Waals surface area contributed by atoms with Crippen LogP contribution in [0.15, 0.2) is 36.7 Å². The van der Waals surface area contributed by atoms with Crippen molar-refractivity contribution in [2.24, 2.45) is 0 Å². The average Bonchev–Trinajstić information content (AvgIpc) is 3.17. The highest BCUT2D eigenvalue weighted by Crippen LogP contribution is 2.37. The smallest absolute Gasteiger partial charge is 0.277 e. The number of nitrogens with zero attached hydrogens (tertiary/aromatic N) is 2. The van der Waals surface area contributed by atoms with E-state index in [0.717, 1.165) is 23.5 Å². The zero-order valence-corrected chi connectivity index (χ0v) is 18.4. The molecule has 4 rings (SSSR count). The number of amides is 1. The van der Waals surface area contributed by atoms with E-state index in [-0.39, 0.29) is 27.7 Å². The number of benzene rings is 1. The third kappa shape index (κ3) is 4.58. The highest BCUT2D eigenvalue weighted by Gasteiger charge is 2.37. The van der Waals surface area contributed by atoms with Crippen LogP contribution in [0.1, 0.15) is 41.9 Å². The SMILES string of the molecule is CC[C@H]1O[C@@H](c2ccncc2NC(=O)c2nc(-c3c(F)cccc3F)sc2N)C[C@@H](O)[C@@H]1O. The fourth-order valence-electron chi connectivity index (χ4n) is 3.77. The minimum Gasteiger partial charge on any atom is -0.390 e. The van der Waals surface area contributed by atoms with Crippen molar-refractivity contribution in [3.63, 3.8) is 0 Å².